The second-order valence-electron chi connectivity index (χ2n) is 22.0. The monoisotopic (exact) mass is 776 g/mol. The van der Waals surface area contributed by atoms with Crippen molar-refractivity contribution >= 4 is 57.4 Å². The third-order valence-electron chi connectivity index (χ3n) is 14.9. The quantitative estimate of drug-likeness (QED) is 0.167. The molecular formula is C55H61BN2O. The summed E-state index contributed by atoms with van der Waals surface area (Å²) in [6, 6.07) is 39.5. The Balaban J connectivity index is 1.36. The van der Waals surface area contributed by atoms with Crippen LogP contribution in [0.15, 0.2) is 108 Å². The molecular weight excluding hydrogens is 715 g/mol. The Kier molecular flexibility index (Phi) is 8.13. The minimum atomic E-state index is -0.0993. The Morgan fingerprint density at radius 1 is 0.559 bits per heavy atom. The number of fused-ring (bicyclic) bond motifs is 7. The van der Waals surface area contributed by atoms with Gasteiger partial charge >= 0.3 is 0 Å². The smallest absolute Gasteiger partial charge is 0.256 e. The van der Waals surface area contributed by atoms with Crippen LogP contribution in [0.25, 0.3) is 11.1 Å². The van der Waals surface area contributed by atoms with E-state index in [1.165, 1.54) is 90.9 Å². The molecule has 5 aromatic carbocycles. The van der Waals surface area contributed by atoms with E-state index in [9.17, 15) is 0 Å². The van der Waals surface area contributed by atoms with E-state index in [2.05, 4.69) is 196 Å². The molecule has 0 atom stereocenters. The van der Waals surface area contributed by atoms with E-state index in [1.54, 1.807) is 0 Å². The molecule has 4 aliphatic rings. The molecule has 0 saturated heterocycles. The van der Waals surface area contributed by atoms with Gasteiger partial charge in [0.1, 0.15) is 5.76 Å². The molecule has 300 valence electrons. The molecule has 6 aromatic rings. The number of anilines is 6. The lowest BCUT2D eigenvalue weighted by atomic mass is 9.32. The lowest BCUT2D eigenvalue weighted by Crippen LogP contribution is -2.63. The highest BCUT2D eigenvalue weighted by Crippen LogP contribution is 2.55. The highest BCUT2D eigenvalue weighted by Gasteiger charge is 2.53. The number of para-hydroxylation sites is 1. The van der Waals surface area contributed by atoms with Crippen molar-refractivity contribution in [1.82, 2.24) is 0 Å². The minimum Gasteiger partial charge on any atom is -0.444 e. The Morgan fingerprint density at radius 3 is 1.80 bits per heavy atom. The van der Waals surface area contributed by atoms with Crippen molar-refractivity contribution in [1.29, 1.82) is 0 Å². The number of hydrogen-bond donors (Lipinski definition) is 0. The van der Waals surface area contributed by atoms with Gasteiger partial charge in [-0.1, -0.05) is 143 Å². The van der Waals surface area contributed by atoms with Gasteiger partial charge in [-0.15, -0.1) is 0 Å². The molecule has 2 aliphatic carbocycles. The van der Waals surface area contributed by atoms with Gasteiger partial charge in [0.15, 0.2) is 5.88 Å². The van der Waals surface area contributed by atoms with Gasteiger partial charge in [0.25, 0.3) is 6.71 Å². The van der Waals surface area contributed by atoms with E-state index in [-0.39, 0.29) is 33.8 Å². The Bertz CT molecular complexity index is 2670. The lowest BCUT2D eigenvalue weighted by Gasteiger charge is -2.47. The average molecular weight is 777 g/mol. The number of rotatable bonds is 3. The van der Waals surface area contributed by atoms with Crippen LogP contribution in [0.2, 0.25) is 0 Å². The van der Waals surface area contributed by atoms with Gasteiger partial charge in [0.2, 0.25) is 0 Å². The highest BCUT2D eigenvalue weighted by molar-refractivity contribution is 7.00. The van der Waals surface area contributed by atoms with Crippen LogP contribution in [0.1, 0.15) is 135 Å². The molecule has 1 aromatic heterocycles. The minimum absolute atomic E-state index is 0.00245. The highest BCUT2D eigenvalue weighted by atomic mass is 16.4. The Hall–Kier alpha value is -4.96. The van der Waals surface area contributed by atoms with E-state index in [0.29, 0.717) is 0 Å². The zero-order chi connectivity index (χ0) is 41.6. The van der Waals surface area contributed by atoms with Crippen LogP contribution in [0, 0.1) is 6.92 Å². The zero-order valence-corrected chi connectivity index (χ0v) is 37.5. The third kappa shape index (κ3) is 5.68. The number of nitrogens with zero attached hydrogens (tertiary/aromatic N) is 2. The molecule has 10 rings (SSSR count). The summed E-state index contributed by atoms with van der Waals surface area (Å²) in [5.41, 5.74) is 19.7. The van der Waals surface area contributed by atoms with Crippen molar-refractivity contribution in [2.24, 2.45) is 0 Å². The van der Waals surface area contributed by atoms with Crippen LogP contribution >= 0.6 is 0 Å². The number of benzene rings is 5. The standard InChI is InChI=1S/C55H61BN2O/c1-34-30-44-47-45(31-34)58(42-21-17-16-20-38(42)35-18-14-13-15-19-35)50-48(46-49(59-50)55(11,12)29-28-54(46,9)10)56(47)41-32-39-40(53(7,8)27-26-52(39,5)6)33-43(41)57(44)37-24-22-36(23-25-37)51(2,3)4/h13-25,30-33H,26-29H2,1-12H3. The molecule has 0 saturated carbocycles. The predicted molar refractivity (Wildman–Crippen MR) is 252 cm³/mol. The first-order chi connectivity index (χ1) is 27.8. The second-order valence-corrected chi connectivity index (χ2v) is 22.0. The van der Waals surface area contributed by atoms with Gasteiger partial charge in [0.05, 0.1) is 5.69 Å². The van der Waals surface area contributed by atoms with E-state index in [0.717, 1.165) is 30.2 Å². The molecule has 0 fully saturated rings. The van der Waals surface area contributed by atoms with E-state index >= 15 is 0 Å². The first-order valence-electron chi connectivity index (χ1n) is 22.1. The molecule has 59 heavy (non-hydrogen) atoms. The largest absolute Gasteiger partial charge is 0.444 e. The zero-order valence-electron chi connectivity index (χ0n) is 37.5. The molecule has 0 bridgehead atoms. The molecule has 3 nitrogen and oxygen atoms in total. The van der Waals surface area contributed by atoms with Crippen molar-refractivity contribution in [3.63, 3.8) is 0 Å². The number of hydrogen-bond acceptors (Lipinski definition) is 3. The first-order valence-corrected chi connectivity index (χ1v) is 22.1. The van der Waals surface area contributed by atoms with E-state index in [1.807, 2.05) is 0 Å². The molecule has 0 amide bonds. The van der Waals surface area contributed by atoms with Gasteiger partial charge in [-0.2, -0.15) is 0 Å². The Morgan fingerprint density at radius 2 is 1.14 bits per heavy atom. The maximum absolute atomic E-state index is 7.60. The van der Waals surface area contributed by atoms with Crippen LogP contribution in [-0.4, -0.2) is 6.71 Å². The van der Waals surface area contributed by atoms with Crippen LogP contribution in [0.4, 0.5) is 34.3 Å². The van der Waals surface area contributed by atoms with Crippen molar-refractivity contribution in [3.05, 3.63) is 137 Å². The maximum atomic E-state index is 7.60. The van der Waals surface area contributed by atoms with Gasteiger partial charge < -0.3 is 9.32 Å². The third-order valence-corrected chi connectivity index (χ3v) is 14.9. The fraction of sp³-hybridized carbons (Fsp3) is 0.382. The van der Waals surface area contributed by atoms with Crippen LogP contribution in [0.5, 0.6) is 0 Å². The Labute approximate surface area is 353 Å². The van der Waals surface area contributed by atoms with Gasteiger partial charge in [-0.3, -0.25) is 4.90 Å². The molecule has 3 heterocycles. The van der Waals surface area contributed by atoms with Crippen LogP contribution in [-0.2, 0) is 27.1 Å². The number of furan rings is 1. The first kappa shape index (κ1) is 38.3. The lowest BCUT2D eigenvalue weighted by molar-refractivity contribution is 0.280. The van der Waals surface area contributed by atoms with Crippen molar-refractivity contribution < 1.29 is 4.42 Å². The summed E-state index contributed by atoms with van der Waals surface area (Å²) in [5, 5.41) is 0. The topological polar surface area (TPSA) is 19.6 Å². The summed E-state index contributed by atoms with van der Waals surface area (Å²) < 4.78 is 7.60. The molecule has 4 heteroatoms. The van der Waals surface area contributed by atoms with Crippen molar-refractivity contribution in [3.8, 4) is 11.1 Å². The molecule has 0 N–H and O–H groups in total. The molecule has 0 spiro atoms. The summed E-state index contributed by atoms with van der Waals surface area (Å²) in [6.45, 7) is 28.8. The molecule has 0 radical (unpaired) electrons. The summed E-state index contributed by atoms with van der Waals surface area (Å²) in [4.78, 5) is 5.14. The molecule has 2 aliphatic heterocycles. The van der Waals surface area contributed by atoms with Crippen molar-refractivity contribution in [2.75, 3.05) is 9.80 Å². The predicted octanol–water partition coefficient (Wildman–Crippen LogP) is 13.3. The maximum Gasteiger partial charge on any atom is 0.256 e. The van der Waals surface area contributed by atoms with Crippen molar-refractivity contribution in [2.45, 2.75) is 136 Å². The SMILES string of the molecule is Cc1cc2c3c(c1)N(c1ccccc1-c1ccccc1)c1oc4c(c1B3c1cc3c(cc1N2c1ccc(C(C)(C)C)cc1)C(C)(C)CCC3(C)C)C(C)(C)CCC4(C)C. The normalized spacial score (nSPS) is 19.0. The summed E-state index contributed by atoms with van der Waals surface area (Å²) >= 11 is 0. The fourth-order valence-electron chi connectivity index (χ4n) is 11.2. The summed E-state index contributed by atoms with van der Waals surface area (Å²) in [6.07, 6.45) is 4.55. The van der Waals surface area contributed by atoms with E-state index < -0.39 is 0 Å². The number of aryl methyl sites for hydroxylation is 1. The summed E-state index contributed by atoms with van der Waals surface area (Å²) in [7, 11) is 0. The molecule has 0 unspecified atom stereocenters. The van der Waals surface area contributed by atoms with Crippen LogP contribution in [0.3, 0.4) is 0 Å². The summed E-state index contributed by atoms with van der Waals surface area (Å²) in [5.74, 6) is 2.15. The van der Waals surface area contributed by atoms with Gasteiger partial charge in [0, 0.05) is 33.7 Å². The van der Waals surface area contributed by atoms with Gasteiger partial charge in [-0.25, -0.2) is 0 Å². The van der Waals surface area contributed by atoms with Gasteiger partial charge in [-0.05, 0) is 140 Å². The van der Waals surface area contributed by atoms with Crippen LogP contribution < -0.4 is 26.2 Å². The fourth-order valence-corrected chi connectivity index (χ4v) is 11.2. The van der Waals surface area contributed by atoms with E-state index in [4.69, 9.17) is 4.42 Å². The average Bonchev–Trinajstić information content (AvgIpc) is 3.61. The second kappa shape index (κ2) is 12.5.